The van der Waals surface area contributed by atoms with Crippen LogP contribution < -0.4 is 5.73 Å². The number of rotatable bonds is 1. The molecule has 96 valence electrons. The lowest BCUT2D eigenvalue weighted by molar-refractivity contribution is 0.477. The number of phenolic OH excluding ortho intramolecular Hbond substituents is 1. The summed E-state index contributed by atoms with van der Waals surface area (Å²) in [7, 11) is 0. The van der Waals surface area contributed by atoms with Crippen LogP contribution in [0.15, 0.2) is 30.3 Å². The summed E-state index contributed by atoms with van der Waals surface area (Å²) in [6.45, 7) is 0. The highest BCUT2D eigenvalue weighted by atomic mass is 35.5. The van der Waals surface area contributed by atoms with Gasteiger partial charge in [0.1, 0.15) is 11.4 Å². The van der Waals surface area contributed by atoms with Gasteiger partial charge in [0.2, 0.25) is 0 Å². The molecule has 3 rings (SSSR count). The largest absolute Gasteiger partial charge is 0.506 e. The molecular weight excluding hydrogens is 285 g/mol. The molecule has 0 aliphatic rings. The molecule has 1 aromatic heterocycles. The zero-order valence-corrected chi connectivity index (χ0v) is 11.1. The maximum Gasteiger partial charge on any atom is 0.143 e. The lowest BCUT2D eigenvalue weighted by atomic mass is 10.1. The van der Waals surface area contributed by atoms with E-state index in [0.29, 0.717) is 22.0 Å². The van der Waals surface area contributed by atoms with Gasteiger partial charge >= 0.3 is 0 Å². The molecule has 4 N–H and O–H groups in total. The minimum absolute atomic E-state index is 0.0451. The number of hydrogen-bond acceptors (Lipinski definition) is 3. The van der Waals surface area contributed by atoms with Crippen molar-refractivity contribution < 1.29 is 5.11 Å². The van der Waals surface area contributed by atoms with Gasteiger partial charge in [-0.15, -0.1) is 0 Å². The number of phenols is 1. The molecule has 0 aliphatic carbocycles. The van der Waals surface area contributed by atoms with Crippen LogP contribution in [0.3, 0.4) is 0 Å². The van der Waals surface area contributed by atoms with Gasteiger partial charge < -0.3 is 10.8 Å². The summed E-state index contributed by atoms with van der Waals surface area (Å²) in [6, 6.07) is 8.47. The maximum atomic E-state index is 10.0. The number of aromatic hydroxyl groups is 1. The molecule has 2 aromatic carbocycles. The number of hydrogen-bond donors (Lipinski definition) is 3. The van der Waals surface area contributed by atoms with Gasteiger partial charge in [0.05, 0.1) is 10.5 Å². The molecule has 0 spiro atoms. The van der Waals surface area contributed by atoms with E-state index in [-0.39, 0.29) is 10.8 Å². The maximum absolute atomic E-state index is 10.0. The Balaban J connectivity index is 2.31. The van der Waals surface area contributed by atoms with E-state index in [9.17, 15) is 5.11 Å². The molecule has 1 heterocycles. The second-order valence-electron chi connectivity index (χ2n) is 4.16. The van der Waals surface area contributed by atoms with Gasteiger partial charge in [-0.05, 0) is 30.3 Å². The van der Waals surface area contributed by atoms with Crippen LogP contribution in [0.25, 0.3) is 22.2 Å². The number of aromatic amines is 1. The Bertz CT molecular complexity index is 783. The van der Waals surface area contributed by atoms with E-state index < -0.39 is 0 Å². The monoisotopic (exact) mass is 293 g/mol. The molecule has 0 radical (unpaired) electrons. The lowest BCUT2D eigenvalue weighted by Gasteiger charge is -2.05. The average molecular weight is 294 g/mol. The Morgan fingerprint density at radius 1 is 1.16 bits per heavy atom. The fourth-order valence-corrected chi connectivity index (χ4v) is 2.48. The standard InChI is InChI=1S/C13H9Cl2N3O/c14-6-3-9(13(19)10(15)4-6)12-8-2-1-7(16)5-11(8)17-18-12/h1-5,19H,16H2,(H,17,18). The van der Waals surface area contributed by atoms with Crippen LogP contribution in [0.1, 0.15) is 0 Å². The third kappa shape index (κ3) is 1.99. The smallest absolute Gasteiger partial charge is 0.143 e. The van der Waals surface area contributed by atoms with Crippen molar-refractivity contribution in [1.29, 1.82) is 0 Å². The van der Waals surface area contributed by atoms with E-state index in [1.807, 2.05) is 6.07 Å². The Morgan fingerprint density at radius 2 is 1.95 bits per heavy atom. The Morgan fingerprint density at radius 3 is 2.74 bits per heavy atom. The summed E-state index contributed by atoms with van der Waals surface area (Å²) in [5, 5.41) is 18.6. The Kier molecular flexibility index (Phi) is 2.77. The number of fused-ring (bicyclic) bond motifs is 1. The van der Waals surface area contributed by atoms with Crippen LogP contribution in [0, 0.1) is 0 Å². The number of benzene rings is 2. The predicted molar refractivity (Wildman–Crippen MR) is 77.6 cm³/mol. The number of nitrogens with zero attached hydrogens (tertiary/aromatic N) is 1. The fourth-order valence-electron chi connectivity index (χ4n) is 1.99. The molecule has 6 heteroatoms. The second kappa shape index (κ2) is 4.33. The van der Waals surface area contributed by atoms with E-state index in [2.05, 4.69) is 10.2 Å². The van der Waals surface area contributed by atoms with E-state index >= 15 is 0 Å². The van der Waals surface area contributed by atoms with Gasteiger partial charge in [-0.2, -0.15) is 5.10 Å². The van der Waals surface area contributed by atoms with Crippen LogP contribution in [-0.2, 0) is 0 Å². The zero-order valence-electron chi connectivity index (χ0n) is 9.61. The van der Waals surface area contributed by atoms with Gasteiger partial charge in [0.25, 0.3) is 0 Å². The number of nitrogen functional groups attached to an aromatic ring is 1. The average Bonchev–Trinajstić information content (AvgIpc) is 2.76. The molecule has 0 atom stereocenters. The first-order valence-electron chi connectivity index (χ1n) is 5.48. The molecule has 4 nitrogen and oxygen atoms in total. The number of nitrogens with two attached hydrogens (primary N) is 1. The molecule has 19 heavy (non-hydrogen) atoms. The summed E-state index contributed by atoms with van der Waals surface area (Å²) in [5.41, 5.74) is 8.19. The van der Waals surface area contributed by atoms with Gasteiger partial charge in [-0.3, -0.25) is 5.10 Å². The molecule has 3 aromatic rings. The van der Waals surface area contributed by atoms with Crippen molar-refractivity contribution in [2.45, 2.75) is 0 Å². The zero-order chi connectivity index (χ0) is 13.6. The van der Waals surface area contributed by atoms with Crippen molar-refractivity contribution in [2.24, 2.45) is 0 Å². The quantitative estimate of drug-likeness (QED) is 0.597. The van der Waals surface area contributed by atoms with E-state index in [1.165, 1.54) is 6.07 Å². The summed E-state index contributed by atoms with van der Waals surface area (Å²) in [5.74, 6) is -0.0451. The van der Waals surface area contributed by atoms with Gasteiger partial charge in [-0.25, -0.2) is 0 Å². The predicted octanol–water partition coefficient (Wildman–Crippen LogP) is 3.82. The SMILES string of the molecule is Nc1ccc2c(-c3cc(Cl)cc(Cl)c3O)n[nH]c2c1. The van der Waals surface area contributed by atoms with Crippen molar-refractivity contribution in [1.82, 2.24) is 10.2 Å². The molecule has 0 amide bonds. The number of nitrogens with one attached hydrogen (secondary N) is 1. The fraction of sp³-hybridized carbons (Fsp3) is 0. The van der Waals surface area contributed by atoms with E-state index in [1.54, 1.807) is 18.2 Å². The highest BCUT2D eigenvalue weighted by molar-refractivity contribution is 6.36. The van der Waals surface area contributed by atoms with Crippen LogP contribution in [0.5, 0.6) is 5.75 Å². The van der Waals surface area contributed by atoms with Crippen LogP contribution in [0.4, 0.5) is 5.69 Å². The minimum atomic E-state index is -0.0451. The second-order valence-corrected chi connectivity index (χ2v) is 5.00. The number of aromatic nitrogens is 2. The highest BCUT2D eigenvalue weighted by Gasteiger charge is 2.15. The van der Waals surface area contributed by atoms with Crippen molar-refractivity contribution in [3.05, 3.63) is 40.4 Å². The van der Waals surface area contributed by atoms with Crippen molar-refractivity contribution in [3.63, 3.8) is 0 Å². The first-order valence-corrected chi connectivity index (χ1v) is 6.24. The molecule has 0 aliphatic heterocycles. The highest BCUT2D eigenvalue weighted by Crippen LogP contribution is 2.39. The summed E-state index contributed by atoms with van der Waals surface area (Å²) in [6.07, 6.45) is 0. The molecular formula is C13H9Cl2N3O. The first-order chi connectivity index (χ1) is 9.06. The lowest BCUT2D eigenvalue weighted by Crippen LogP contribution is -1.84. The van der Waals surface area contributed by atoms with Crippen molar-refractivity contribution in [2.75, 3.05) is 5.73 Å². The number of anilines is 1. The van der Waals surface area contributed by atoms with E-state index in [0.717, 1.165) is 10.9 Å². The first kappa shape index (κ1) is 12.1. The summed E-state index contributed by atoms with van der Waals surface area (Å²) < 4.78 is 0. The molecule has 0 saturated heterocycles. The Labute approximate surface area is 118 Å². The van der Waals surface area contributed by atoms with Crippen molar-refractivity contribution >= 4 is 39.8 Å². The van der Waals surface area contributed by atoms with E-state index in [4.69, 9.17) is 28.9 Å². The summed E-state index contributed by atoms with van der Waals surface area (Å²) in [4.78, 5) is 0. The number of halogens is 2. The third-order valence-electron chi connectivity index (χ3n) is 2.87. The topological polar surface area (TPSA) is 74.9 Å². The minimum Gasteiger partial charge on any atom is -0.506 e. The van der Waals surface area contributed by atoms with Gasteiger partial charge in [-0.1, -0.05) is 23.2 Å². The van der Waals surface area contributed by atoms with Crippen LogP contribution in [0.2, 0.25) is 10.0 Å². The van der Waals surface area contributed by atoms with Crippen molar-refractivity contribution in [3.8, 4) is 17.0 Å². The molecule has 0 saturated carbocycles. The van der Waals surface area contributed by atoms with Gasteiger partial charge in [0, 0.05) is 21.7 Å². The van der Waals surface area contributed by atoms with Gasteiger partial charge in [0.15, 0.2) is 0 Å². The van der Waals surface area contributed by atoms with Crippen LogP contribution >= 0.6 is 23.2 Å². The normalized spacial score (nSPS) is 11.1. The molecule has 0 bridgehead atoms. The summed E-state index contributed by atoms with van der Waals surface area (Å²) >= 11 is 11.9. The third-order valence-corrected chi connectivity index (χ3v) is 3.38. The Hall–Kier alpha value is -1.91. The number of H-pyrrole nitrogens is 1. The molecule has 0 unspecified atom stereocenters. The molecule has 0 fully saturated rings. The van der Waals surface area contributed by atoms with Crippen LogP contribution in [-0.4, -0.2) is 15.3 Å².